The molecule has 1 fully saturated rings. The van der Waals surface area contributed by atoms with E-state index in [-0.39, 0.29) is 18.5 Å². The van der Waals surface area contributed by atoms with Crippen LogP contribution in [0, 0.1) is 5.82 Å². The SMILES string of the molecule is O=C(c1ccc(F)cc1)N1CCN(Cc2cc3c(cc2Br)OCO3)CC1. The Kier molecular flexibility index (Phi) is 4.82. The maximum Gasteiger partial charge on any atom is 0.253 e. The van der Waals surface area contributed by atoms with Gasteiger partial charge in [0.15, 0.2) is 11.5 Å². The molecule has 0 aliphatic carbocycles. The molecule has 2 heterocycles. The van der Waals surface area contributed by atoms with E-state index in [0.29, 0.717) is 18.7 Å². The van der Waals surface area contributed by atoms with Crippen LogP contribution < -0.4 is 9.47 Å². The van der Waals surface area contributed by atoms with E-state index in [1.165, 1.54) is 24.3 Å². The summed E-state index contributed by atoms with van der Waals surface area (Å²) in [5.41, 5.74) is 1.66. The Morgan fingerprint density at radius 3 is 2.38 bits per heavy atom. The fourth-order valence-corrected chi connectivity index (χ4v) is 3.65. The lowest BCUT2D eigenvalue weighted by molar-refractivity contribution is 0.0628. The Bertz CT molecular complexity index is 820. The molecule has 2 aliphatic heterocycles. The molecule has 2 aliphatic rings. The van der Waals surface area contributed by atoms with Crippen LogP contribution in [-0.4, -0.2) is 48.7 Å². The molecule has 136 valence electrons. The normalized spacial score (nSPS) is 16.8. The molecule has 0 radical (unpaired) electrons. The first-order valence-electron chi connectivity index (χ1n) is 8.45. The van der Waals surface area contributed by atoms with Gasteiger partial charge in [-0.1, -0.05) is 15.9 Å². The Balaban J connectivity index is 1.37. The van der Waals surface area contributed by atoms with Gasteiger partial charge in [0.05, 0.1) is 0 Å². The fraction of sp³-hybridized carbons (Fsp3) is 0.316. The van der Waals surface area contributed by atoms with Crippen molar-refractivity contribution in [3.05, 3.63) is 57.8 Å². The van der Waals surface area contributed by atoms with E-state index in [9.17, 15) is 9.18 Å². The van der Waals surface area contributed by atoms with Crippen LogP contribution in [0.25, 0.3) is 0 Å². The number of hydrogen-bond donors (Lipinski definition) is 0. The van der Waals surface area contributed by atoms with Crippen LogP contribution in [0.1, 0.15) is 15.9 Å². The zero-order valence-corrected chi connectivity index (χ0v) is 15.7. The highest BCUT2D eigenvalue weighted by molar-refractivity contribution is 9.10. The van der Waals surface area contributed by atoms with Crippen LogP contribution in [-0.2, 0) is 6.54 Å². The zero-order chi connectivity index (χ0) is 18.1. The van der Waals surface area contributed by atoms with Gasteiger partial charge in [0.1, 0.15) is 5.82 Å². The summed E-state index contributed by atoms with van der Waals surface area (Å²) in [5.74, 6) is 1.15. The molecule has 4 rings (SSSR count). The largest absolute Gasteiger partial charge is 0.454 e. The van der Waals surface area contributed by atoms with E-state index < -0.39 is 0 Å². The lowest BCUT2D eigenvalue weighted by Crippen LogP contribution is -2.48. The standard InChI is InChI=1S/C19H18BrFN2O3/c20-16-10-18-17(25-12-26-18)9-14(16)11-22-5-7-23(8-6-22)19(24)13-1-3-15(21)4-2-13/h1-4,9-10H,5-8,11-12H2. The van der Waals surface area contributed by atoms with E-state index in [0.717, 1.165) is 41.2 Å². The number of ether oxygens (including phenoxy) is 2. The van der Waals surface area contributed by atoms with Crippen molar-refractivity contribution in [2.24, 2.45) is 0 Å². The third-order valence-electron chi connectivity index (χ3n) is 4.69. The Hall–Kier alpha value is -2.12. The van der Waals surface area contributed by atoms with Crippen molar-refractivity contribution in [1.82, 2.24) is 9.80 Å². The Morgan fingerprint density at radius 1 is 1.04 bits per heavy atom. The van der Waals surface area contributed by atoms with Gasteiger partial charge in [0.25, 0.3) is 5.91 Å². The molecule has 0 unspecified atom stereocenters. The highest BCUT2D eigenvalue weighted by Gasteiger charge is 2.23. The number of nitrogens with zero attached hydrogens (tertiary/aromatic N) is 2. The number of hydrogen-bond acceptors (Lipinski definition) is 4. The van der Waals surface area contributed by atoms with Gasteiger partial charge in [-0.15, -0.1) is 0 Å². The van der Waals surface area contributed by atoms with Crippen LogP contribution in [0.15, 0.2) is 40.9 Å². The third-order valence-corrected chi connectivity index (χ3v) is 5.42. The van der Waals surface area contributed by atoms with Crippen molar-refractivity contribution in [3.63, 3.8) is 0 Å². The molecule has 0 saturated carbocycles. The van der Waals surface area contributed by atoms with Gasteiger partial charge in [-0.2, -0.15) is 0 Å². The Morgan fingerprint density at radius 2 is 1.69 bits per heavy atom. The first-order valence-corrected chi connectivity index (χ1v) is 9.25. The lowest BCUT2D eigenvalue weighted by Gasteiger charge is -2.35. The monoisotopic (exact) mass is 420 g/mol. The van der Waals surface area contributed by atoms with Crippen LogP contribution in [0.3, 0.4) is 0 Å². The topological polar surface area (TPSA) is 42.0 Å². The van der Waals surface area contributed by atoms with E-state index >= 15 is 0 Å². The number of benzene rings is 2. The van der Waals surface area contributed by atoms with Gasteiger partial charge < -0.3 is 14.4 Å². The molecule has 26 heavy (non-hydrogen) atoms. The molecule has 2 aromatic carbocycles. The average molecular weight is 421 g/mol. The van der Waals surface area contributed by atoms with Crippen LogP contribution in [0.2, 0.25) is 0 Å². The average Bonchev–Trinajstić information content (AvgIpc) is 3.10. The van der Waals surface area contributed by atoms with Crippen molar-refractivity contribution >= 4 is 21.8 Å². The summed E-state index contributed by atoms with van der Waals surface area (Å²) in [6.07, 6.45) is 0. The van der Waals surface area contributed by atoms with Crippen molar-refractivity contribution in [1.29, 1.82) is 0 Å². The molecule has 7 heteroatoms. The minimum Gasteiger partial charge on any atom is -0.454 e. The number of fused-ring (bicyclic) bond motifs is 1. The van der Waals surface area contributed by atoms with Crippen LogP contribution in [0.4, 0.5) is 4.39 Å². The predicted molar refractivity (Wildman–Crippen MR) is 97.8 cm³/mol. The van der Waals surface area contributed by atoms with Crippen molar-refractivity contribution in [2.75, 3.05) is 33.0 Å². The van der Waals surface area contributed by atoms with Gasteiger partial charge in [0.2, 0.25) is 6.79 Å². The number of carbonyl (C=O) groups excluding carboxylic acids is 1. The molecule has 0 bridgehead atoms. The summed E-state index contributed by atoms with van der Waals surface area (Å²) in [6.45, 7) is 3.91. The lowest BCUT2D eigenvalue weighted by atomic mass is 10.1. The molecule has 0 spiro atoms. The molecule has 1 amide bonds. The number of piperazine rings is 1. The first kappa shape index (κ1) is 17.3. The summed E-state index contributed by atoms with van der Waals surface area (Å²) in [6, 6.07) is 9.65. The van der Waals surface area contributed by atoms with Crippen molar-refractivity contribution in [2.45, 2.75) is 6.54 Å². The fourth-order valence-electron chi connectivity index (χ4n) is 3.21. The third kappa shape index (κ3) is 3.54. The number of carbonyl (C=O) groups is 1. The van der Waals surface area contributed by atoms with E-state index in [1.807, 2.05) is 17.0 Å². The quantitative estimate of drug-likeness (QED) is 0.763. The highest BCUT2D eigenvalue weighted by Crippen LogP contribution is 2.37. The van der Waals surface area contributed by atoms with E-state index in [4.69, 9.17) is 9.47 Å². The number of amides is 1. The summed E-state index contributed by atoms with van der Waals surface area (Å²) < 4.78 is 24.8. The predicted octanol–water partition coefficient (Wildman–Crippen LogP) is 3.27. The van der Waals surface area contributed by atoms with Gasteiger partial charge in [-0.3, -0.25) is 9.69 Å². The number of halogens is 2. The molecule has 1 saturated heterocycles. The minimum atomic E-state index is -0.333. The molecule has 2 aromatic rings. The van der Waals surface area contributed by atoms with Gasteiger partial charge >= 0.3 is 0 Å². The van der Waals surface area contributed by atoms with Gasteiger partial charge in [0, 0.05) is 42.8 Å². The minimum absolute atomic E-state index is 0.0473. The zero-order valence-electron chi connectivity index (χ0n) is 14.1. The number of rotatable bonds is 3. The molecular formula is C19H18BrFN2O3. The summed E-state index contributed by atoms with van der Waals surface area (Å²) in [5, 5.41) is 0. The maximum atomic E-state index is 13.0. The van der Waals surface area contributed by atoms with Gasteiger partial charge in [-0.25, -0.2) is 4.39 Å². The molecule has 0 N–H and O–H groups in total. The highest BCUT2D eigenvalue weighted by atomic mass is 79.9. The van der Waals surface area contributed by atoms with Gasteiger partial charge in [-0.05, 0) is 42.0 Å². The summed E-state index contributed by atoms with van der Waals surface area (Å²) in [4.78, 5) is 16.6. The maximum absolute atomic E-state index is 13.0. The molecule has 0 atom stereocenters. The van der Waals surface area contributed by atoms with E-state index in [1.54, 1.807) is 0 Å². The second-order valence-corrected chi connectivity index (χ2v) is 7.23. The molecule has 5 nitrogen and oxygen atoms in total. The summed E-state index contributed by atoms with van der Waals surface area (Å²) >= 11 is 3.59. The summed E-state index contributed by atoms with van der Waals surface area (Å²) in [7, 11) is 0. The molecular weight excluding hydrogens is 403 g/mol. The van der Waals surface area contributed by atoms with Crippen molar-refractivity contribution < 1.29 is 18.7 Å². The second-order valence-electron chi connectivity index (χ2n) is 6.37. The van der Waals surface area contributed by atoms with Crippen LogP contribution in [0.5, 0.6) is 11.5 Å². The first-order chi connectivity index (χ1) is 12.6. The van der Waals surface area contributed by atoms with Crippen molar-refractivity contribution in [3.8, 4) is 11.5 Å². The smallest absolute Gasteiger partial charge is 0.253 e. The van der Waals surface area contributed by atoms with E-state index in [2.05, 4.69) is 20.8 Å². The Labute approximate surface area is 159 Å². The van der Waals surface area contributed by atoms with Crippen LogP contribution >= 0.6 is 15.9 Å². The second kappa shape index (κ2) is 7.25. The molecule has 0 aromatic heterocycles.